The van der Waals surface area contributed by atoms with Crippen molar-refractivity contribution >= 4 is 17.7 Å². The van der Waals surface area contributed by atoms with Crippen LogP contribution in [0.1, 0.15) is 36.0 Å². The van der Waals surface area contributed by atoms with Crippen molar-refractivity contribution in [2.24, 2.45) is 0 Å². The Morgan fingerprint density at radius 1 is 1.00 bits per heavy atom. The number of imide groups is 1. The van der Waals surface area contributed by atoms with Gasteiger partial charge in [-0.25, -0.2) is 4.39 Å². The topological polar surface area (TPSA) is 60.9 Å². The van der Waals surface area contributed by atoms with E-state index in [2.05, 4.69) is 29.2 Å². The highest BCUT2D eigenvalue weighted by atomic mass is 19.1. The van der Waals surface area contributed by atoms with Crippen molar-refractivity contribution in [2.75, 3.05) is 33.2 Å². The molecule has 0 radical (unpaired) electrons. The number of carbonyl (C=O) groups is 3. The lowest BCUT2D eigenvalue weighted by molar-refractivity contribution is -0.142. The van der Waals surface area contributed by atoms with Crippen molar-refractivity contribution in [3.8, 4) is 0 Å². The molecule has 3 amide bonds. The summed E-state index contributed by atoms with van der Waals surface area (Å²) in [4.78, 5) is 44.1. The van der Waals surface area contributed by atoms with Crippen molar-refractivity contribution in [3.05, 3.63) is 71.0 Å². The number of likely N-dealkylation sites (tertiary alicyclic amines) is 1. The molecule has 0 spiro atoms. The van der Waals surface area contributed by atoms with Crippen molar-refractivity contribution in [1.29, 1.82) is 0 Å². The summed E-state index contributed by atoms with van der Waals surface area (Å²) in [5.41, 5.74) is 1.51. The predicted octanol–water partition coefficient (Wildman–Crippen LogP) is 2.54. The molecule has 2 heterocycles. The molecule has 6 nitrogen and oxygen atoms in total. The maximum absolute atomic E-state index is 14.8. The average molecular weight is 464 g/mol. The fourth-order valence-electron chi connectivity index (χ4n) is 5.88. The van der Waals surface area contributed by atoms with Crippen LogP contribution in [0.5, 0.6) is 0 Å². The van der Waals surface area contributed by atoms with Gasteiger partial charge in [0.05, 0.1) is 5.41 Å². The van der Waals surface area contributed by atoms with Gasteiger partial charge in [0.15, 0.2) is 0 Å². The molecule has 0 saturated carbocycles. The van der Waals surface area contributed by atoms with Gasteiger partial charge in [0.2, 0.25) is 17.7 Å². The first-order chi connectivity index (χ1) is 16.4. The highest BCUT2D eigenvalue weighted by Gasteiger charge is 2.54. The molecule has 5 rings (SSSR count). The molecule has 2 aromatic carbocycles. The molecule has 7 heteroatoms. The van der Waals surface area contributed by atoms with Crippen LogP contribution in [0.15, 0.2) is 48.5 Å². The summed E-state index contributed by atoms with van der Waals surface area (Å²) in [6, 6.07) is 15.1. The predicted molar refractivity (Wildman–Crippen MR) is 125 cm³/mol. The van der Waals surface area contributed by atoms with Crippen LogP contribution >= 0.6 is 0 Å². The first kappa shape index (κ1) is 22.7. The Morgan fingerprint density at radius 3 is 2.35 bits per heavy atom. The number of likely N-dealkylation sites (N-methyl/N-ethyl adjacent to an activating group) is 1. The van der Waals surface area contributed by atoms with E-state index in [0.29, 0.717) is 19.1 Å². The molecule has 2 fully saturated rings. The number of piperazine rings is 1. The number of fused-ring (bicyclic) bond motifs is 1. The Hall–Kier alpha value is -3.06. The van der Waals surface area contributed by atoms with Crippen LogP contribution < -0.4 is 0 Å². The summed E-state index contributed by atoms with van der Waals surface area (Å²) >= 11 is 0. The third-order valence-electron chi connectivity index (χ3n) is 7.89. The Morgan fingerprint density at radius 2 is 1.68 bits per heavy atom. The van der Waals surface area contributed by atoms with Gasteiger partial charge in [-0.2, -0.15) is 0 Å². The first-order valence-corrected chi connectivity index (χ1v) is 12.0. The van der Waals surface area contributed by atoms with Crippen molar-refractivity contribution < 1.29 is 18.8 Å². The third-order valence-corrected chi connectivity index (χ3v) is 7.89. The summed E-state index contributed by atoms with van der Waals surface area (Å²) < 4.78 is 14.8. The van der Waals surface area contributed by atoms with Gasteiger partial charge in [-0.1, -0.05) is 42.5 Å². The standard InChI is InChI=1S/C27H30FN3O3/c1-29-24(32)17-27(26(29)34,22-8-4-5-9-23(22)28)18-25(33)31-14-12-30(13-15-31)21-11-10-19-6-2-3-7-20(19)16-21/h2-9,21H,10-18H2,1H3/t21-,27+/m1/s1. The molecule has 2 saturated heterocycles. The van der Waals surface area contributed by atoms with Crippen molar-refractivity contribution in [2.45, 2.75) is 43.6 Å². The van der Waals surface area contributed by atoms with Gasteiger partial charge in [-0.3, -0.25) is 24.2 Å². The normalized spacial score (nSPS) is 25.5. The lowest BCUT2D eigenvalue weighted by Crippen LogP contribution is -2.54. The maximum atomic E-state index is 14.8. The van der Waals surface area contributed by atoms with Gasteiger partial charge < -0.3 is 4.90 Å². The van der Waals surface area contributed by atoms with Crippen LogP contribution in [0.2, 0.25) is 0 Å². The Bertz CT molecular complexity index is 1130. The molecule has 2 atom stereocenters. The summed E-state index contributed by atoms with van der Waals surface area (Å²) in [7, 11) is 1.40. The maximum Gasteiger partial charge on any atom is 0.240 e. The number of hydrogen-bond acceptors (Lipinski definition) is 4. The highest BCUT2D eigenvalue weighted by molar-refractivity contribution is 6.10. The molecule has 34 heavy (non-hydrogen) atoms. The number of benzene rings is 2. The second-order valence-electron chi connectivity index (χ2n) is 9.76. The van der Waals surface area contributed by atoms with E-state index in [1.165, 1.54) is 30.3 Å². The third kappa shape index (κ3) is 3.92. The summed E-state index contributed by atoms with van der Waals surface area (Å²) in [6.07, 6.45) is 2.85. The van der Waals surface area contributed by atoms with Crippen molar-refractivity contribution in [1.82, 2.24) is 14.7 Å². The van der Waals surface area contributed by atoms with E-state index in [0.717, 1.165) is 37.3 Å². The van der Waals surface area contributed by atoms with Crippen LogP contribution in [0.3, 0.4) is 0 Å². The summed E-state index contributed by atoms with van der Waals surface area (Å²) in [6.45, 7) is 2.70. The number of amides is 3. The minimum atomic E-state index is -1.47. The van der Waals surface area contributed by atoms with E-state index >= 15 is 0 Å². The average Bonchev–Trinajstić information content (AvgIpc) is 3.08. The van der Waals surface area contributed by atoms with Crippen LogP contribution in [0, 0.1) is 5.82 Å². The van der Waals surface area contributed by atoms with E-state index in [-0.39, 0.29) is 30.2 Å². The molecule has 178 valence electrons. The first-order valence-electron chi connectivity index (χ1n) is 12.0. The zero-order valence-electron chi connectivity index (χ0n) is 19.5. The second kappa shape index (κ2) is 8.95. The molecule has 0 unspecified atom stereocenters. The monoisotopic (exact) mass is 463 g/mol. The molecule has 0 bridgehead atoms. The Kier molecular flexibility index (Phi) is 5.98. The zero-order valence-corrected chi connectivity index (χ0v) is 19.5. The number of hydrogen-bond donors (Lipinski definition) is 0. The second-order valence-corrected chi connectivity index (χ2v) is 9.76. The van der Waals surface area contributed by atoms with Crippen LogP contribution in [-0.4, -0.2) is 71.7 Å². The van der Waals surface area contributed by atoms with Crippen molar-refractivity contribution in [3.63, 3.8) is 0 Å². The van der Waals surface area contributed by atoms with Gasteiger partial charge in [-0.15, -0.1) is 0 Å². The molecule has 1 aliphatic carbocycles. The molecule has 2 aliphatic heterocycles. The lowest BCUT2D eigenvalue weighted by Gasteiger charge is -2.41. The number of aryl methyl sites for hydroxylation is 1. The van der Waals surface area contributed by atoms with E-state index in [9.17, 15) is 18.8 Å². The SMILES string of the molecule is CN1C(=O)C[C@](CC(=O)N2CCN([C@@H]3CCc4ccccc4C3)CC2)(c2ccccc2F)C1=O. The highest BCUT2D eigenvalue weighted by Crippen LogP contribution is 2.41. The summed E-state index contributed by atoms with van der Waals surface area (Å²) in [5.74, 6) is -1.65. The fourth-order valence-corrected chi connectivity index (χ4v) is 5.88. The Balaban J connectivity index is 1.27. The van der Waals surface area contributed by atoms with Crippen LogP contribution in [-0.2, 0) is 32.6 Å². The van der Waals surface area contributed by atoms with Crippen LogP contribution in [0.25, 0.3) is 0 Å². The fraction of sp³-hybridized carbons (Fsp3) is 0.444. The number of carbonyl (C=O) groups excluding carboxylic acids is 3. The molecular weight excluding hydrogens is 433 g/mol. The minimum Gasteiger partial charge on any atom is -0.340 e. The van der Waals surface area contributed by atoms with Crippen LogP contribution in [0.4, 0.5) is 4.39 Å². The smallest absolute Gasteiger partial charge is 0.240 e. The quantitative estimate of drug-likeness (QED) is 0.654. The van der Waals surface area contributed by atoms with Gasteiger partial charge in [0, 0.05) is 57.7 Å². The number of rotatable bonds is 4. The molecule has 0 aromatic heterocycles. The van der Waals surface area contributed by atoms with E-state index in [1.54, 1.807) is 17.0 Å². The van der Waals surface area contributed by atoms with Gasteiger partial charge >= 0.3 is 0 Å². The van der Waals surface area contributed by atoms with E-state index in [4.69, 9.17) is 0 Å². The minimum absolute atomic E-state index is 0.130. The number of halogens is 1. The zero-order chi connectivity index (χ0) is 23.9. The molecule has 0 N–H and O–H groups in total. The lowest BCUT2D eigenvalue weighted by atomic mass is 9.75. The largest absolute Gasteiger partial charge is 0.340 e. The van der Waals surface area contributed by atoms with Gasteiger partial charge in [-0.05, 0) is 36.5 Å². The summed E-state index contributed by atoms with van der Waals surface area (Å²) in [5, 5.41) is 0. The van der Waals surface area contributed by atoms with Gasteiger partial charge in [0.1, 0.15) is 5.82 Å². The molecular formula is C27H30FN3O3. The molecule has 2 aromatic rings. The van der Waals surface area contributed by atoms with E-state index in [1.807, 2.05) is 0 Å². The molecule has 3 aliphatic rings. The van der Waals surface area contributed by atoms with Gasteiger partial charge in [0.25, 0.3) is 0 Å². The Labute approximate surface area is 199 Å². The van der Waals surface area contributed by atoms with E-state index < -0.39 is 17.1 Å². The number of nitrogens with zero attached hydrogens (tertiary/aromatic N) is 3.